The minimum atomic E-state index is -1.15. The number of aliphatic hydroxyl groups is 1. The van der Waals surface area contributed by atoms with Crippen molar-refractivity contribution in [3.8, 4) is 17.0 Å². The van der Waals surface area contributed by atoms with E-state index in [-0.39, 0.29) is 0 Å². The maximum Gasteiger partial charge on any atom is 0.138 e. The predicted molar refractivity (Wildman–Crippen MR) is 94.0 cm³/mol. The molecule has 0 saturated carbocycles. The molecule has 1 unspecified atom stereocenters. The lowest BCUT2D eigenvalue weighted by Gasteiger charge is -2.21. The van der Waals surface area contributed by atoms with Gasteiger partial charge < -0.3 is 9.84 Å². The van der Waals surface area contributed by atoms with Gasteiger partial charge in [0.05, 0.1) is 12.8 Å². The molecule has 0 aliphatic carbocycles. The quantitative estimate of drug-likeness (QED) is 0.774. The Morgan fingerprint density at radius 1 is 1.13 bits per heavy atom. The zero-order valence-electron chi connectivity index (χ0n) is 13.4. The van der Waals surface area contributed by atoms with E-state index >= 15 is 0 Å². The van der Waals surface area contributed by atoms with E-state index in [9.17, 15) is 5.11 Å². The minimum absolute atomic E-state index is 0.670. The van der Waals surface area contributed by atoms with Crippen LogP contribution in [0.2, 0.25) is 0 Å². The zero-order chi connectivity index (χ0) is 16.4. The summed E-state index contributed by atoms with van der Waals surface area (Å²) in [5, 5.41) is 13.7. The van der Waals surface area contributed by atoms with Crippen molar-refractivity contribution >= 4 is 11.3 Å². The van der Waals surface area contributed by atoms with Crippen molar-refractivity contribution in [1.82, 2.24) is 4.98 Å². The highest BCUT2D eigenvalue weighted by Crippen LogP contribution is 2.35. The van der Waals surface area contributed by atoms with Gasteiger partial charge in [-0.2, -0.15) is 0 Å². The lowest BCUT2D eigenvalue weighted by molar-refractivity contribution is 0.102. The van der Waals surface area contributed by atoms with Crippen molar-refractivity contribution in [2.45, 2.75) is 19.4 Å². The minimum Gasteiger partial charge on any atom is -0.497 e. The first-order valence-electron chi connectivity index (χ1n) is 7.41. The van der Waals surface area contributed by atoms with Crippen LogP contribution in [0.15, 0.2) is 53.9 Å². The molecule has 0 bridgehead atoms. The molecule has 0 spiro atoms. The Labute approximate surface area is 140 Å². The normalized spacial score (nSPS) is 13.6. The molecular weight excluding hydrogens is 306 g/mol. The van der Waals surface area contributed by atoms with Gasteiger partial charge in [0.25, 0.3) is 0 Å². The predicted octanol–water partition coefficient (Wildman–Crippen LogP) is 4.38. The molecular formula is C19H19NO2S. The van der Waals surface area contributed by atoms with Crippen LogP contribution in [0.5, 0.6) is 5.75 Å². The van der Waals surface area contributed by atoms with Crippen LogP contribution < -0.4 is 4.74 Å². The van der Waals surface area contributed by atoms with Gasteiger partial charge in [0.1, 0.15) is 16.4 Å². The molecule has 0 aliphatic heterocycles. The van der Waals surface area contributed by atoms with Crippen LogP contribution in [0.3, 0.4) is 0 Å². The molecule has 23 heavy (non-hydrogen) atoms. The first-order chi connectivity index (χ1) is 11.0. The maximum absolute atomic E-state index is 11.0. The third-order valence-electron chi connectivity index (χ3n) is 3.97. The summed E-state index contributed by atoms with van der Waals surface area (Å²) in [5.74, 6) is 0.721. The summed E-state index contributed by atoms with van der Waals surface area (Å²) < 4.78 is 5.25. The highest BCUT2D eigenvalue weighted by atomic mass is 32.1. The Kier molecular flexibility index (Phi) is 4.20. The fourth-order valence-corrected chi connectivity index (χ4v) is 3.43. The van der Waals surface area contributed by atoms with Crippen LogP contribution >= 0.6 is 11.3 Å². The Morgan fingerprint density at radius 3 is 2.65 bits per heavy atom. The van der Waals surface area contributed by atoms with Gasteiger partial charge in [0.2, 0.25) is 0 Å². The molecule has 1 heterocycles. The van der Waals surface area contributed by atoms with E-state index in [0.717, 1.165) is 22.6 Å². The number of nitrogens with zero attached hydrogens (tertiary/aromatic N) is 1. The fourth-order valence-electron chi connectivity index (χ4n) is 2.53. The summed E-state index contributed by atoms with van der Waals surface area (Å²) >= 11 is 1.47. The lowest BCUT2D eigenvalue weighted by Crippen LogP contribution is -2.22. The molecule has 0 radical (unpaired) electrons. The fraction of sp³-hybridized carbons (Fsp3) is 0.211. The molecule has 0 fully saturated rings. The van der Waals surface area contributed by atoms with Crippen LogP contribution in [-0.2, 0) is 5.60 Å². The summed E-state index contributed by atoms with van der Waals surface area (Å²) in [6.45, 7) is 3.83. The van der Waals surface area contributed by atoms with Crippen molar-refractivity contribution in [1.29, 1.82) is 0 Å². The van der Waals surface area contributed by atoms with Crippen LogP contribution in [0, 0.1) is 6.92 Å². The van der Waals surface area contributed by atoms with Gasteiger partial charge in [0, 0.05) is 10.9 Å². The van der Waals surface area contributed by atoms with Crippen molar-refractivity contribution in [3.63, 3.8) is 0 Å². The summed E-state index contributed by atoms with van der Waals surface area (Å²) in [6, 6.07) is 15.6. The molecule has 0 amide bonds. The Bertz CT molecular complexity index is 823. The molecule has 0 saturated heterocycles. The Hall–Kier alpha value is -2.17. The van der Waals surface area contributed by atoms with E-state index in [2.05, 4.69) is 24.0 Å². The van der Waals surface area contributed by atoms with E-state index in [4.69, 9.17) is 4.74 Å². The van der Waals surface area contributed by atoms with Gasteiger partial charge in [0.15, 0.2) is 0 Å². The summed E-state index contributed by atoms with van der Waals surface area (Å²) in [7, 11) is 1.62. The number of hydrogen-bond acceptors (Lipinski definition) is 4. The Morgan fingerprint density at radius 2 is 1.91 bits per heavy atom. The molecule has 3 aromatic rings. The largest absolute Gasteiger partial charge is 0.497 e. The number of methoxy groups -OCH3 is 1. The van der Waals surface area contributed by atoms with Crippen LogP contribution in [0.4, 0.5) is 0 Å². The Balaban J connectivity index is 2.00. The van der Waals surface area contributed by atoms with Gasteiger partial charge in [-0.3, -0.25) is 0 Å². The van der Waals surface area contributed by atoms with Crippen LogP contribution in [-0.4, -0.2) is 17.2 Å². The van der Waals surface area contributed by atoms with Crippen molar-refractivity contribution < 1.29 is 9.84 Å². The second-order valence-corrected chi connectivity index (χ2v) is 6.52. The van der Waals surface area contributed by atoms with Gasteiger partial charge in [-0.05, 0) is 37.1 Å². The van der Waals surface area contributed by atoms with Crippen molar-refractivity contribution in [2.24, 2.45) is 0 Å². The molecule has 0 aliphatic rings. The molecule has 3 rings (SSSR count). The van der Waals surface area contributed by atoms with E-state index in [1.807, 2.05) is 41.8 Å². The zero-order valence-corrected chi connectivity index (χ0v) is 14.2. The van der Waals surface area contributed by atoms with Gasteiger partial charge in [-0.25, -0.2) is 4.98 Å². The number of rotatable bonds is 4. The molecule has 1 atom stereocenters. The van der Waals surface area contributed by atoms with Gasteiger partial charge in [-0.15, -0.1) is 11.3 Å². The highest BCUT2D eigenvalue weighted by Gasteiger charge is 2.29. The number of aryl methyl sites for hydroxylation is 1. The second kappa shape index (κ2) is 6.14. The van der Waals surface area contributed by atoms with Gasteiger partial charge >= 0.3 is 0 Å². The summed E-state index contributed by atoms with van der Waals surface area (Å²) in [4.78, 5) is 4.67. The third kappa shape index (κ3) is 3.00. The highest BCUT2D eigenvalue weighted by molar-refractivity contribution is 7.10. The number of hydrogen-bond donors (Lipinski definition) is 1. The molecule has 2 aromatic carbocycles. The first kappa shape index (κ1) is 15.7. The van der Waals surface area contributed by atoms with E-state index in [0.29, 0.717) is 5.01 Å². The number of benzene rings is 2. The van der Waals surface area contributed by atoms with Crippen LogP contribution in [0.1, 0.15) is 23.1 Å². The molecule has 1 aromatic heterocycles. The van der Waals surface area contributed by atoms with E-state index in [1.165, 1.54) is 16.9 Å². The third-order valence-corrected chi connectivity index (χ3v) is 5.03. The molecule has 1 N–H and O–H groups in total. The first-order valence-corrected chi connectivity index (χ1v) is 8.29. The average Bonchev–Trinajstić information content (AvgIpc) is 3.06. The number of ether oxygens (including phenoxy) is 1. The average molecular weight is 325 g/mol. The maximum atomic E-state index is 11.0. The van der Waals surface area contributed by atoms with Crippen LogP contribution in [0.25, 0.3) is 11.3 Å². The molecule has 3 nitrogen and oxygen atoms in total. The van der Waals surface area contributed by atoms with E-state index in [1.54, 1.807) is 14.0 Å². The topological polar surface area (TPSA) is 42.4 Å². The standard InChI is InChI=1S/C19H19NO2S/c1-13-7-4-5-10-16(13)17-12-23-18(20-17)19(2,21)14-8-6-9-15(11-14)22-3/h4-12,21H,1-3H3. The smallest absolute Gasteiger partial charge is 0.138 e. The summed E-state index contributed by atoms with van der Waals surface area (Å²) in [6.07, 6.45) is 0. The second-order valence-electron chi connectivity index (χ2n) is 5.66. The number of aromatic nitrogens is 1. The SMILES string of the molecule is COc1cccc(C(C)(O)c2nc(-c3ccccc3C)cs2)c1. The number of thiazole rings is 1. The van der Waals surface area contributed by atoms with Crippen molar-refractivity contribution in [2.75, 3.05) is 7.11 Å². The summed E-state index contributed by atoms with van der Waals surface area (Å²) in [5.41, 5.74) is 2.77. The van der Waals surface area contributed by atoms with E-state index < -0.39 is 5.60 Å². The van der Waals surface area contributed by atoms with Gasteiger partial charge in [-0.1, -0.05) is 36.4 Å². The molecule has 118 valence electrons. The lowest BCUT2D eigenvalue weighted by atomic mass is 9.96. The monoisotopic (exact) mass is 325 g/mol. The van der Waals surface area contributed by atoms with Crippen molar-refractivity contribution in [3.05, 3.63) is 70.0 Å². The molecule has 4 heteroatoms.